The SMILES string of the molecule is O=C(O)C(=C1CCCC1)C1CCCCC1. The maximum Gasteiger partial charge on any atom is 0.331 e. The van der Waals surface area contributed by atoms with Crippen molar-refractivity contribution in [3.05, 3.63) is 11.1 Å². The maximum atomic E-state index is 11.3. The Morgan fingerprint density at radius 1 is 1.00 bits per heavy atom. The highest BCUT2D eigenvalue weighted by Gasteiger charge is 2.26. The van der Waals surface area contributed by atoms with Crippen LogP contribution in [0.3, 0.4) is 0 Å². The summed E-state index contributed by atoms with van der Waals surface area (Å²) < 4.78 is 0. The van der Waals surface area contributed by atoms with Crippen LogP contribution < -0.4 is 0 Å². The Labute approximate surface area is 91.4 Å². The summed E-state index contributed by atoms with van der Waals surface area (Å²) in [4.78, 5) is 11.3. The summed E-state index contributed by atoms with van der Waals surface area (Å²) in [5.74, 6) is -0.275. The lowest BCUT2D eigenvalue weighted by atomic mass is 9.81. The largest absolute Gasteiger partial charge is 0.478 e. The molecule has 84 valence electrons. The first-order valence-corrected chi connectivity index (χ1v) is 6.24. The first kappa shape index (κ1) is 10.7. The van der Waals surface area contributed by atoms with Crippen LogP contribution >= 0.6 is 0 Å². The molecule has 2 aliphatic rings. The number of aliphatic carboxylic acids is 1. The molecule has 0 aromatic rings. The van der Waals surface area contributed by atoms with Gasteiger partial charge in [0.05, 0.1) is 0 Å². The van der Waals surface area contributed by atoms with Gasteiger partial charge >= 0.3 is 5.97 Å². The molecular formula is C13H20O2. The summed E-state index contributed by atoms with van der Waals surface area (Å²) in [7, 11) is 0. The van der Waals surface area contributed by atoms with Gasteiger partial charge in [-0.15, -0.1) is 0 Å². The Balaban J connectivity index is 2.18. The summed E-state index contributed by atoms with van der Waals surface area (Å²) >= 11 is 0. The molecule has 2 rings (SSSR count). The van der Waals surface area contributed by atoms with Crippen molar-refractivity contribution < 1.29 is 9.90 Å². The number of carboxylic acid groups (broad SMARTS) is 1. The summed E-state index contributed by atoms with van der Waals surface area (Å²) in [6.45, 7) is 0. The molecule has 2 nitrogen and oxygen atoms in total. The van der Waals surface area contributed by atoms with Crippen molar-refractivity contribution in [3.8, 4) is 0 Å². The summed E-state index contributed by atoms with van der Waals surface area (Å²) in [6, 6.07) is 0. The van der Waals surface area contributed by atoms with Crippen LogP contribution in [0.5, 0.6) is 0 Å². The van der Waals surface area contributed by atoms with Gasteiger partial charge in [-0.2, -0.15) is 0 Å². The van der Waals surface area contributed by atoms with Crippen LogP contribution in [0, 0.1) is 5.92 Å². The van der Waals surface area contributed by atoms with E-state index in [1.165, 1.54) is 37.7 Å². The fourth-order valence-corrected chi connectivity index (χ4v) is 3.08. The summed E-state index contributed by atoms with van der Waals surface area (Å²) in [5, 5.41) is 9.33. The minimum absolute atomic E-state index is 0.365. The fourth-order valence-electron chi connectivity index (χ4n) is 3.08. The molecule has 0 unspecified atom stereocenters. The predicted octanol–water partition coefficient (Wildman–Crippen LogP) is 3.52. The van der Waals surface area contributed by atoms with Gasteiger partial charge in [-0.1, -0.05) is 24.8 Å². The molecule has 0 heterocycles. The lowest BCUT2D eigenvalue weighted by Crippen LogP contribution is -2.17. The van der Waals surface area contributed by atoms with Gasteiger partial charge < -0.3 is 5.11 Å². The van der Waals surface area contributed by atoms with Crippen LogP contribution in [0.15, 0.2) is 11.1 Å². The van der Waals surface area contributed by atoms with Gasteiger partial charge in [-0.25, -0.2) is 4.79 Å². The number of hydrogen-bond donors (Lipinski definition) is 1. The van der Waals surface area contributed by atoms with Gasteiger partial charge in [-0.05, 0) is 44.4 Å². The average molecular weight is 208 g/mol. The molecule has 0 spiro atoms. The van der Waals surface area contributed by atoms with Crippen molar-refractivity contribution in [2.75, 3.05) is 0 Å². The molecule has 0 bridgehead atoms. The minimum Gasteiger partial charge on any atom is -0.478 e. The lowest BCUT2D eigenvalue weighted by Gasteiger charge is -2.23. The predicted molar refractivity (Wildman–Crippen MR) is 59.7 cm³/mol. The van der Waals surface area contributed by atoms with Gasteiger partial charge in [0.25, 0.3) is 0 Å². The van der Waals surface area contributed by atoms with Crippen molar-refractivity contribution in [3.63, 3.8) is 0 Å². The summed E-state index contributed by atoms with van der Waals surface area (Å²) in [5.41, 5.74) is 2.06. The molecule has 15 heavy (non-hydrogen) atoms. The van der Waals surface area contributed by atoms with Gasteiger partial charge in [-0.3, -0.25) is 0 Å². The number of rotatable bonds is 2. The first-order chi connectivity index (χ1) is 7.29. The van der Waals surface area contributed by atoms with E-state index in [0.29, 0.717) is 5.92 Å². The Kier molecular flexibility index (Phi) is 3.45. The van der Waals surface area contributed by atoms with Crippen molar-refractivity contribution >= 4 is 5.97 Å². The molecule has 1 N–H and O–H groups in total. The van der Waals surface area contributed by atoms with Gasteiger partial charge in [0.1, 0.15) is 0 Å². The van der Waals surface area contributed by atoms with Crippen LogP contribution in [0.25, 0.3) is 0 Å². The molecule has 0 saturated heterocycles. The number of carbonyl (C=O) groups is 1. The molecule has 0 aromatic heterocycles. The zero-order chi connectivity index (χ0) is 10.7. The maximum absolute atomic E-state index is 11.3. The number of allylic oxidation sites excluding steroid dienone is 1. The Bertz CT molecular complexity index is 264. The second-order valence-corrected chi connectivity index (χ2v) is 4.86. The van der Waals surface area contributed by atoms with E-state index in [0.717, 1.165) is 31.3 Å². The second-order valence-electron chi connectivity index (χ2n) is 4.86. The van der Waals surface area contributed by atoms with Crippen molar-refractivity contribution in [2.45, 2.75) is 57.8 Å². The molecule has 0 amide bonds. The van der Waals surface area contributed by atoms with E-state index in [-0.39, 0.29) is 0 Å². The Morgan fingerprint density at radius 2 is 1.60 bits per heavy atom. The van der Waals surface area contributed by atoms with Gasteiger partial charge in [0.15, 0.2) is 0 Å². The third-order valence-corrected chi connectivity index (χ3v) is 3.83. The smallest absolute Gasteiger partial charge is 0.331 e. The number of carboxylic acids is 1. The van der Waals surface area contributed by atoms with Crippen molar-refractivity contribution in [2.24, 2.45) is 5.92 Å². The standard InChI is InChI=1S/C13H20O2/c14-13(15)12(11-8-4-5-9-11)10-6-2-1-3-7-10/h10H,1-9H2,(H,14,15). The molecule has 0 aliphatic heterocycles. The molecule has 0 aromatic carbocycles. The molecule has 2 aliphatic carbocycles. The normalized spacial score (nSPS) is 23.1. The van der Waals surface area contributed by atoms with Crippen molar-refractivity contribution in [1.29, 1.82) is 0 Å². The highest BCUT2D eigenvalue weighted by atomic mass is 16.4. The zero-order valence-corrected chi connectivity index (χ0v) is 9.30. The first-order valence-electron chi connectivity index (χ1n) is 6.24. The monoisotopic (exact) mass is 208 g/mol. The van der Waals surface area contributed by atoms with E-state index in [4.69, 9.17) is 0 Å². The fraction of sp³-hybridized carbons (Fsp3) is 0.769. The third kappa shape index (κ3) is 2.42. The highest BCUT2D eigenvalue weighted by molar-refractivity contribution is 5.88. The molecular weight excluding hydrogens is 188 g/mol. The van der Waals surface area contributed by atoms with E-state index in [9.17, 15) is 9.90 Å². The zero-order valence-electron chi connectivity index (χ0n) is 9.30. The van der Waals surface area contributed by atoms with E-state index in [2.05, 4.69) is 0 Å². The molecule has 0 atom stereocenters. The second kappa shape index (κ2) is 4.82. The quantitative estimate of drug-likeness (QED) is 0.705. The van der Waals surface area contributed by atoms with E-state index in [1.807, 2.05) is 0 Å². The Morgan fingerprint density at radius 3 is 2.13 bits per heavy atom. The number of hydrogen-bond acceptors (Lipinski definition) is 1. The Hall–Kier alpha value is -0.790. The van der Waals surface area contributed by atoms with E-state index < -0.39 is 5.97 Å². The van der Waals surface area contributed by atoms with Crippen LogP contribution in [0.2, 0.25) is 0 Å². The van der Waals surface area contributed by atoms with Gasteiger partial charge in [0, 0.05) is 5.57 Å². The molecule has 2 heteroatoms. The van der Waals surface area contributed by atoms with Crippen LogP contribution in [-0.2, 0) is 4.79 Å². The topological polar surface area (TPSA) is 37.3 Å². The highest BCUT2D eigenvalue weighted by Crippen LogP contribution is 2.36. The van der Waals surface area contributed by atoms with Crippen LogP contribution in [-0.4, -0.2) is 11.1 Å². The molecule has 2 saturated carbocycles. The van der Waals surface area contributed by atoms with Crippen molar-refractivity contribution in [1.82, 2.24) is 0 Å². The van der Waals surface area contributed by atoms with Crippen LogP contribution in [0.4, 0.5) is 0 Å². The van der Waals surface area contributed by atoms with Gasteiger partial charge in [0.2, 0.25) is 0 Å². The molecule has 0 radical (unpaired) electrons. The lowest BCUT2D eigenvalue weighted by molar-refractivity contribution is -0.133. The summed E-state index contributed by atoms with van der Waals surface area (Å²) in [6.07, 6.45) is 10.4. The van der Waals surface area contributed by atoms with E-state index >= 15 is 0 Å². The van der Waals surface area contributed by atoms with E-state index in [1.54, 1.807) is 0 Å². The minimum atomic E-state index is -0.640. The third-order valence-electron chi connectivity index (χ3n) is 3.83. The molecule has 2 fully saturated rings. The van der Waals surface area contributed by atoms with Crippen LogP contribution in [0.1, 0.15) is 57.8 Å². The average Bonchev–Trinajstić information content (AvgIpc) is 2.72.